The summed E-state index contributed by atoms with van der Waals surface area (Å²) in [5.41, 5.74) is 1.42. The summed E-state index contributed by atoms with van der Waals surface area (Å²) in [5.74, 6) is -1.68. The van der Waals surface area contributed by atoms with Crippen molar-refractivity contribution in [3.63, 3.8) is 0 Å². The fourth-order valence-electron chi connectivity index (χ4n) is 2.12. The number of furan rings is 1. The Hall–Kier alpha value is -1.00. The topological polar surface area (TPSA) is 113 Å². The van der Waals surface area contributed by atoms with Crippen LogP contribution in [0.2, 0.25) is 0 Å². The molecule has 0 bridgehead atoms. The van der Waals surface area contributed by atoms with Gasteiger partial charge in [-0.1, -0.05) is 12.1 Å². The SMILES string of the molecule is CCc1oc(C(=O)NCc2c(C)nnn2CC)cc1C(=O)[O-].[K+]. The number of carbonyl (C=O) groups excluding carboxylic acids is 2. The Bertz CT molecular complexity index is 708. The van der Waals surface area contributed by atoms with E-state index in [9.17, 15) is 14.7 Å². The van der Waals surface area contributed by atoms with E-state index in [4.69, 9.17) is 4.42 Å². The molecule has 0 saturated heterocycles. The molecule has 0 radical (unpaired) electrons. The van der Waals surface area contributed by atoms with Gasteiger partial charge < -0.3 is 19.6 Å². The number of hydrogen-bond acceptors (Lipinski definition) is 6. The van der Waals surface area contributed by atoms with E-state index in [0.29, 0.717) is 13.0 Å². The van der Waals surface area contributed by atoms with Gasteiger partial charge in [0.1, 0.15) is 5.76 Å². The summed E-state index contributed by atoms with van der Waals surface area (Å²) >= 11 is 0. The first kappa shape index (κ1) is 20.0. The number of nitrogens with zero attached hydrogens (tertiary/aromatic N) is 3. The number of rotatable bonds is 6. The Kier molecular flexibility index (Phi) is 7.61. The first-order valence-corrected chi connectivity index (χ1v) is 6.99. The van der Waals surface area contributed by atoms with Crippen LogP contribution in [0, 0.1) is 6.92 Å². The summed E-state index contributed by atoms with van der Waals surface area (Å²) in [7, 11) is 0. The van der Waals surface area contributed by atoms with Crippen molar-refractivity contribution in [2.75, 3.05) is 0 Å². The maximum atomic E-state index is 12.1. The van der Waals surface area contributed by atoms with Gasteiger partial charge in [-0.15, -0.1) is 5.10 Å². The molecule has 2 heterocycles. The number of aromatic carboxylic acids is 1. The molecule has 2 aromatic heterocycles. The second-order valence-electron chi connectivity index (χ2n) is 4.71. The van der Waals surface area contributed by atoms with E-state index in [2.05, 4.69) is 15.6 Å². The molecule has 0 saturated carbocycles. The quantitative estimate of drug-likeness (QED) is 0.561. The van der Waals surface area contributed by atoms with Crippen LogP contribution in [0.1, 0.15) is 51.9 Å². The number of hydrogen-bond donors (Lipinski definition) is 1. The van der Waals surface area contributed by atoms with Crippen LogP contribution in [0.5, 0.6) is 0 Å². The van der Waals surface area contributed by atoms with E-state index in [1.54, 1.807) is 18.5 Å². The van der Waals surface area contributed by atoms with Crippen molar-refractivity contribution in [2.24, 2.45) is 0 Å². The molecule has 0 fully saturated rings. The molecule has 23 heavy (non-hydrogen) atoms. The van der Waals surface area contributed by atoms with Gasteiger partial charge in [-0.2, -0.15) is 0 Å². The summed E-state index contributed by atoms with van der Waals surface area (Å²) in [5, 5.41) is 21.5. The Labute approximate surface area is 176 Å². The number of carboxylic acid groups (broad SMARTS) is 1. The molecule has 9 heteroatoms. The minimum absolute atomic E-state index is 0. The first-order valence-electron chi connectivity index (χ1n) is 6.99. The summed E-state index contributed by atoms with van der Waals surface area (Å²) < 4.78 is 6.96. The molecular weight excluding hydrogens is 327 g/mol. The maximum Gasteiger partial charge on any atom is 1.00 e. The predicted molar refractivity (Wildman–Crippen MR) is 74.0 cm³/mol. The molecule has 0 atom stereocenters. The van der Waals surface area contributed by atoms with Crippen molar-refractivity contribution in [3.8, 4) is 0 Å². The maximum absolute atomic E-state index is 12.1. The molecule has 118 valence electrons. The number of amides is 1. The average Bonchev–Trinajstić information content (AvgIpc) is 3.08. The van der Waals surface area contributed by atoms with Gasteiger partial charge in [-0.25, -0.2) is 4.68 Å². The van der Waals surface area contributed by atoms with Crippen molar-refractivity contribution < 1.29 is 70.5 Å². The second kappa shape index (κ2) is 8.74. The van der Waals surface area contributed by atoms with E-state index in [0.717, 1.165) is 11.4 Å². The second-order valence-corrected chi connectivity index (χ2v) is 4.71. The zero-order valence-electron chi connectivity index (χ0n) is 13.7. The minimum Gasteiger partial charge on any atom is -0.545 e. The van der Waals surface area contributed by atoms with Gasteiger partial charge in [0.25, 0.3) is 5.91 Å². The predicted octanol–water partition coefficient (Wildman–Crippen LogP) is -2.94. The van der Waals surface area contributed by atoms with Crippen LogP contribution in [0.25, 0.3) is 0 Å². The number of carboxylic acids is 1. The fourth-order valence-corrected chi connectivity index (χ4v) is 2.12. The zero-order chi connectivity index (χ0) is 16.3. The smallest absolute Gasteiger partial charge is 0.545 e. The molecule has 0 aromatic carbocycles. The van der Waals surface area contributed by atoms with Crippen LogP contribution in [-0.4, -0.2) is 26.9 Å². The van der Waals surface area contributed by atoms with Gasteiger partial charge in [0, 0.05) is 18.5 Å². The molecule has 1 N–H and O–H groups in total. The molecule has 2 rings (SSSR count). The minimum atomic E-state index is -1.36. The summed E-state index contributed by atoms with van der Waals surface area (Å²) in [6.45, 7) is 6.33. The Morgan fingerprint density at radius 2 is 2.09 bits per heavy atom. The van der Waals surface area contributed by atoms with Crippen LogP contribution in [0.4, 0.5) is 0 Å². The monoisotopic (exact) mass is 344 g/mol. The van der Waals surface area contributed by atoms with Crippen molar-refractivity contribution in [1.29, 1.82) is 0 Å². The first-order chi connectivity index (χ1) is 10.5. The number of aryl methyl sites for hydroxylation is 3. The van der Waals surface area contributed by atoms with Crippen LogP contribution < -0.4 is 61.8 Å². The van der Waals surface area contributed by atoms with Crippen molar-refractivity contribution in [3.05, 3.63) is 34.5 Å². The average molecular weight is 344 g/mol. The molecule has 2 aromatic rings. The molecule has 0 unspecified atom stereocenters. The Morgan fingerprint density at radius 3 is 2.61 bits per heavy atom. The molecule has 0 aliphatic heterocycles. The number of aromatic nitrogens is 3. The van der Waals surface area contributed by atoms with Crippen LogP contribution in [0.15, 0.2) is 10.5 Å². The standard InChI is InChI=1S/C14H18N4O4.K/c1-4-11-9(14(20)21)6-12(22-11)13(19)15-7-10-8(3)16-17-18(10)5-2;/h6H,4-5,7H2,1-3H3,(H,15,19)(H,20,21);/q;+1/p-1. The normalized spacial score (nSPS) is 10.2. The molecule has 0 aliphatic carbocycles. The van der Waals surface area contributed by atoms with Crippen LogP contribution >= 0.6 is 0 Å². The molecule has 1 amide bonds. The molecule has 0 spiro atoms. The van der Waals surface area contributed by atoms with Gasteiger partial charge in [0.05, 0.1) is 23.9 Å². The Morgan fingerprint density at radius 1 is 1.39 bits per heavy atom. The van der Waals surface area contributed by atoms with E-state index >= 15 is 0 Å². The van der Waals surface area contributed by atoms with E-state index in [-0.39, 0.29) is 75.0 Å². The summed E-state index contributed by atoms with van der Waals surface area (Å²) in [6.07, 6.45) is 0.363. The summed E-state index contributed by atoms with van der Waals surface area (Å²) in [4.78, 5) is 23.1. The third kappa shape index (κ3) is 4.51. The molecular formula is C14H17KN4O4. The Balaban J connectivity index is 0.00000264. The molecule has 8 nitrogen and oxygen atoms in total. The van der Waals surface area contributed by atoms with Gasteiger partial charge in [0.15, 0.2) is 5.76 Å². The third-order valence-corrected chi connectivity index (χ3v) is 3.32. The van der Waals surface area contributed by atoms with E-state index < -0.39 is 11.9 Å². The summed E-state index contributed by atoms with van der Waals surface area (Å²) in [6, 6.07) is 1.19. The van der Waals surface area contributed by atoms with Crippen LogP contribution in [0.3, 0.4) is 0 Å². The van der Waals surface area contributed by atoms with Gasteiger partial charge >= 0.3 is 51.4 Å². The third-order valence-electron chi connectivity index (χ3n) is 3.32. The van der Waals surface area contributed by atoms with Gasteiger partial charge in [0.2, 0.25) is 0 Å². The van der Waals surface area contributed by atoms with Gasteiger partial charge in [-0.3, -0.25) is 4.79 Å². The van der Waals surface area contributed by atoms with Crippen molar-refractivity contribution >= 4 is 11.9 Å². The number of nitrogens with one attached hydrogen (secondary N) is 1. The largest absolute Gasteiger partial charge is 1.00 e. The van der Waals surface area contributed by atoms with E-state index in [1.165, 1.54) is 6.07 Å². The van der Waals surface area contributed by atoms with Crippen molar-refractivity contribution in [2.45, 2.75) is 40.3 Å². The number of carbonyl (C=O) groups is 2. The van der Waals surface area contributed by atoms with E-state index in [1.807, 2.05) is 6.92 Å². The van der Waals surface area contributed by atoms with Crippen LogP contribution in [-0.2, 0) is 19.5 Å². The molecule has 0 aliphatic rings. The fraction of sp³-hybridized carbons (Fsp3) is 0.429. The zero-order valence-corrected chi connectivity index (χ0v) is 16.8. The van der Waals surface area contributed by atoms with Gasteiger partial charge in [-0.05, 0) is 19.9 Å². The van der Waals surface area contributed by atoms with Crippen molar-refractivity contribution in [1.82, 2.24) is 20.3 Å².